The number of hydrogen-bond acceptors (Lipinski definition) is 4. The first-order valence-electron chi connectivity index (χ1n) is 9.96. The van der Waals surface area contributed by atoms with Crippen LogP contribution in [0.4, 0.5) is 0 Å². The Morgan fingerprint density at radius 2 is 1.70 bits per heavy atom. The zero-order valence-electron chi connectivity index (χ0n) is 17.8. The number of benzene rings is 2. The molecule has 1 aliphatic rings. The van der Waals surface area contributed by atoms with Crippen molar-refractivity contribution in [3.8, 4) is 0 Å². The Morgan fingerprint density at radius 3 is 2.33 bits per heavy atom. The van der Waals surface area contributed by atoms with Gasteiger partial charge in [0.05, 0.1) is 11.1 Å². The monoisotopic (exact) mass is 449 g/mol. The minimum atomic E-state index is -3.77. The maximum absolute atomic E-state index is 13.1. The Hall–Kier alpha value is -1.93. The van der Waals surface area contributed by atoms with E-state index in [0.29, 0.717) is 26.2 Å². The van der Waals surface area contributed by atoms with E-state index in [2.05, 4.69) is 10.2 Å². The van der Waals surface area contributed by atoms with Crippen molar-refractivity contribution in [2.75, 3.05) is 33.2 Å². The highest BCUT2D eigenvalue weighted by molar-refractivity contribution is 7.89. The average Bonchev–Trinajstić information content (AvgIpc) is 2.70. The maximum atomic E-state index is 13.1. The molecule has 2 aromatic carbocycles. The molecule has 0 aliphatic carbocycles. The smallest absolute Gasteiger partial charge is 0.251 e. The van der Waals surface area contributed by atoms with Gasteiger partial charge in [-0.1, -0.05) is 29.8 Å². The molecule has 1 atom stereocenters. The van der Waals surface area contributed by atoms with Crippen LogP contribution in [0.2, 0.25) is 5.02 Å². The SMILES string of the molecule is Cc1ccc(C(C)NC(=O)c2ccc(Cl)c(S(=O)(=O)N3CCN(C)CC3)c2)cc1C. The van der Waals surface area contributed by atoms with E-state index in [4.69, 9.17) is 11.6 Å². The second-order valence-corrected chi connectivity index (χ2v) is 10.2. The molecular weight excluding hydrogens is 422 g/mol. The van der Waals surface area contributed by atoms with Crippen molar-refractivity contribution in [3.63, 3.8) is 0 Å². The lowest BCUT2D eigenvalue weighted by Gasteiger charge is -2.31. The van der Waals surface area contributed by atoms with Crippen LogP contribution in [-0.2, 0) is 10.0 Å². The molecule has 0 aromatic heterocycles. The van der Waals surface area contributed by atoms with Crippen LogP contribution < -0.4 is 5.32 Å². The van der Waals surface area contributed by atoms with E-state index in [0.717, 1.165) is 11.1 Å². The lowest BCUT2D eigenvalue weighted by atomic mass is 10.0. The van der Waals surface area contributed by atoms with Crippen LogP contribution in [0.5, 0.6) is 0 Å². The van der Waals surface area contributed by atoms with Crippen LogP contribution in [0.15, 0.2) is 41.3 Å². The van der Waals surface area contributed by atoms with Crippen molar-refractivity contribution in [1.29, 1.82) is 0 Å². The van der Waals surface area contributed by atoms with Crippen molar-refractivity contribution in [2.24, 2.45) is 0 Å². The summed E-state index contributed by atoms with van der Waals surface area (Å²) in [5, 5.41) is 3.06. The summed E-state index contributed by atoms with van der Waals surface area (Å²) in [5.41, 5.74) is 3.60. The predicted molar refractivity (Wildman–Crippen MR) is 120 cm³/mol. The van der Waals surface area contributed by atoms with Crippen LogP contribution in [0, 0.1) is 13.8 Å². The van der Waals surface area contributed by atoms with Crippen LogP contribution in [0.25, 0.3) is 0 Å². The highest BCUT2D eigenvalue weighted by Crippen LogP contribution is 2.27. The molecule has 30 heavy (non-hydrogen) atoms. The van der Waals surface area contributed by atoms with E-state index in [9.17, 15) is 13.2 Å². The van der Waals surface area contributed by atoms with Gasteiger partial charge in [-0.05, 0) is 62.7 Å². The van der Waals surface area contributed by atoms with Crippen molar-refractivity contribution < 1.29 is 13.2 Å². The van der Waals surface area contributed by atoms with Gasteiger partial charge in [-0.25, -0.2) is 8.42 Å². The summed E-state index contributed by atoms with van der Waals surface area (Å²) in [4.78, 5) is 14.9. The summed E-state index contributed by atoms with van der Waals surface area (Å²) in [5.74, 6) is -0.341. The Kier molecular flexibility index (Phi) is 6.87. The standard InChI is InChI=1S/C22H28ClN3O3S/c1-15-5-6-18(13-16(15)2)17(3)24-22(27)19-7-8-20(23)21(14-19)30(28,29)26-11-9-25(4)10-12-26/h5-8,13-14,17H,9-12H2,1-4H3,(H,24,27). The summed E-state index contributed by atoms with van der Waals surface area (Å²) in [6, 6.07) is 10.2. The first kappa shape index (κ1) is 22.7. The summed E-state index contributed by atoms with van der Waals surface area (Å²) < 4.78 is 27.6. The average molecular weight is 450 g/mol. The molecule has 0 radical (unpaired) electrons. The van der Waals surface area contributed by atoms with Crippen LogP contribution in [0.1, 0.15) is 40.0 Å². The molecule has 2 aromatic rings. The summed E-state index contributed by atoms with van der Waals surface area (Å²) in [7, 11) is -1.81. The number of halogens is 1. The molecule has 1 fully saturated rings. The van der Waals surface area contributed by atoms with E-state index >= 15 is 0 Å². The number of amides is 1. The molecule has 1 heterocycles. The summed E-state index contributed by atoms with van der Waals surface area (Å²) in [6.07, 6.45) is 0. The van der Waals surface area contributed by atoms with Gasteiger partial charge in [0.1, 0.15) is 4.90 Å². The molecule has 8 heteroatoms. The lowest BCUT2D eigenvalue weighted by molar-refractivity contribution is 0.0939. The quantitative estimate of drug-likeness (QED) is 0.759. The van der Waals surface area contributed by atoms with Gasteiger partial charge in [0.25, 0.3) is 5.91 Å². The van der Waals surface area contributed by atoms with Gasteiger partial charge in [0.2, 0.25) is 10.0 Å². The van der Waals surface area contributed by atoms with Crippen molar-refractivity contribution in [3.05, 3.63) is 63.7 Å². The molecule has 1 amide bonds. The first-order valence-corrected chi connectivity index (χ1v) is 11.8. The zero-order chi connectivity index (χ0) is 22.1. The predicted octanol–water partition coefficient (Wildman–Crippen LogP) is 3.38. The van der Waals surface area contributed by atoms with Crippen molar-refractivity contribution in [2.45, 2.75) is 31.7 Å². The van der Waals surface area contributed by atoms with Crippen molar-refractivity contribution in [1.82, 2.24) is 14.5 Å². The van der Waals surface area contributed by atoms with E-state index in [1.165, 1.54) is 22.0 Å². The van der Waals surface area contributed by atoms with Gasteiger partial charge in [-0.3, -0.25) is 4.79 Å². The molecule has 0 spiro atoms. The number of likely N-dealkylation sites (N-methyl/N-ethyl adjacent to an activating group) is 1. The number of aryl methyl sites for hydroxylation is 2. The maximum Gasteiger partial charge on any atom is 0.251 e. The number of carbonyl (C=O) groups is 1. The van der Waals surface area contributed by atoms with Gasteiger partial charge < -0.3 is 10.2 Å². The third kappa shape index (κ3) is 4.86. The molecule has 1 aliphatic heterocycles. The number of hydrogen-bond donors (Lipinski definition) is 1. The van der Waals surface area contributed by atoms with Crippen molar-refractivity contribution >= 4 is 27.5 Å². The Balaban J connectivity index is 1.81. The van der Waals surface area contributed by atoms with Gasteiger partial charge in [-0.15, -0.1) is 0 Å². The Bertz CT molecular complexity index is 1050. The van der Waals surface area contributed by atoms with Gasteiger partial charge in [-0.2, -0.15) is 4.31 Å². The van der Waals surface area contributed by atoms with E-state index < -0.39 is 10.0 Å². The molecule has 3 rings (SSSR count). The minimum absolute atomic E-state index is 0.0276. The van der Waals surface area contributed by atoms with Gasteiger partial charge in [0, 0.05) is 31.7 Å². The fourth-order valence-electron chi connectivity index (χ4n) is 3.41. The molecule has 6 nitrogen and oxygen atoms in total. The third-order valence-electron chi connectivity index (χ3n) is 5.65. The lowest BCUT2D eigenvalue weighted by Crippen LogP contribution is -2.47. The third-order valence-corrected chi connectivity index (χ3v) is 8.03. The number of rotatable bonds is 5. The molecule has 162 valence electrons. The van der Waals surface area contributed by atoms with Crippen LogP contribution >= 0.6 is 11.6 Å². The summed E-state index contributed by atoms with van der Waals surface area (Å²) >= 11 is 6.22. The Labute approximate surface area is 183 Å². The molecule has 1 unspecified atom stereocenters. The number of sulfonamides is 1. The van der Waals surface area contributed by atoms with E-state index in [1.54, 1.807) is 6.07 Å². The topological polar surface area (TPSA) is 69.7 Å². The normalized spacial score (nSPS) is 17.0. The zero-order valence-corrected chi connectivity index (χ0v) is 19.3. The van der Waals surface area contributed by atoms with Crippen LogP contribution in [0.3, 0.4) is 0 Å². The van der Waals surface area contributed by atoms with Gasteiger partial charge in [0.15, 0.2) is 0 Å². The molecule has 1 N–H and O–H groups in total. The minimum Gasteiger partial charge on any atom is -0.346 e. The molecule has 0 bridgehead atoms. The second kappa shape index (κ2) is 9.06. The molecule has 0 saturated carbocycles. The largest absolute Gasteiger partial charge is 0.346 e. The van der Waals surface area contributed by atoms with Crippen LogP contribution in [-0.4, -0.2) is 56.8 Å². The number of nitrogens with zero attached hydrogens (tertiary/aromatic N) is 2. The second-order valence-electron chi connectivity index (χ2n) is 7.89. The van der Waals surface area contributed by atoms with Gasteiger partial charge >= 0.3 is 0 Å². The Morgan fingerprint density at radius 1 is 1.03 bits per heavy atom. The van der Waals surface area contributed by atoms with E-state index in [1.807, 2.05) is 46.0 Å². The molecule has 1 saturated heterocycles. The first-order chi connectivity index (χ1) is 14.1. The fraction of sp³-hybridized carbons (Fsp3) is 0.409. The highest BCUT2D eigenvalue weighted by Gasteiger charge is 2.30. The fourth-order valence-corrected chi connectivity index (χ4v) is 5.33. The molecular formula is C22H28ClN3O3S. The van der Waals surface area contributed by atoms with E-state index in [-0.39, 0.29) is 27.4 Å². The number of piperazine rings is 1. The summed E-state index contributed by atoms with van der Waals surface area (Å²) in [6.45, 7) is 8.08. The highest BCUT2D eigenvalue weighted by atomic mass is 35.5. The number of carbonyl (C=O) groups excluding carboxylic acids is 1. The number of nitrogens with one attached hydrogen (secondary N) is 1.